The van der Waals surface area contributed by atoms with Gasteiger partial charge in [-0.1, -0.05) is 48.5 Å². The Balaban J connectivity index is 1.47. The third kappa shape index (κ3) is 2.75. The molecule has 1 amide bonds. The van der Waals surface area contributed by atoms with Gasteiger partial charge in [0, 0.05) is 17.8 Å². The average Bonchev–Trinajstić information content (AvgIpc) is 3.02. The summed E-state index contributed by atoms with van der Waals surface area (Å²) in [4.78, 5) is 12.7. The van der Waals surface area contributed by atoms with Crippen molar-refractivity contribution in [1.29, 1.82) is 0 Å². The van der Waals surface area contributed by atoms with E-state index in [9.17, 15) is 4.79 Å². The minimum absolute atomic E-state index is 0.173. The van der Waals surface area contributed by atoms with Crippen molar-refractivity contribution >= 4 is 17.2 Å². The average molecular weight is 355 g/mol. The summed E-state index contributed by atoms with van der Waals surface area (Å²) in [6.45, 7) is 1.06. The van der Waals surface area contributed by atoms with Gasteiger partial charge in [-0.2, -0.15) is 0 Å². The number of fused-ring (bicyclic) bond motifs is 4. The maximum absolute atomic E-state index is 12.7. The predicted molar refractivity (Wildman–Crippen MR) is 105 cm³/mol. The van der Waals surface area contributed by atoms with E-state index in [0.717, 1.165) is 27.8 Å². The van der Waals surface area contributed by atoms with Crippen LogP contribution in [0.5, 0.6) is 11.5 Å². The van der Waals surface area contributed by atoms with Crippen molar-refractivity contribution in [2.24, 2.45) is 0 Å². The van der Waals surface area contributed by atoms with E-state index in [-0.39, 0.29) is 5.91 Å². The molecule has 3 aromatic rings. The smallest absolute Gasteiger partial charge is 0.249 e. The first-order valence-electron chi connectivity index (χ1n) is 8.91. The van der Waals surface area contributed by atoms with E-state index >= 15 is 0 Å². The van der Waals surface area contributed by atoms with Crippen molar-refractivity contribution in [3.63, 3.8) is 0 Å². The van der Waals surface area contributed by atoms with E-state index in [4.69, 9.17) is 9.47 Å². The molecule has 0 fully saturated rings. The van der Waals surface area contributed by atoms with Crippen molar-refractivity contribution in [1.82, 2.24) is 0 Å². The summed E-state index contributed by atoms with van der Waals surface area (Å²) in [6, 6.07) is 21.8. The number of benzene rings is 3. The van der Waals surface area contributed by atoms with Crippen LogP contribution in [0.3, 0.4) is 0 Å². The molecule has 0 atom stereocenters. The zero-order valence-corrected chi connectivity index (χ0v) is 14.6. The fraction of sp³-hybridized carbons (Fsp3) is 0.0870. The molecule has 1 heterocycles. The third-order valence-electron chi connectivity index (χ3n) is 4.81. The first-order valence-corrected chi connectivity index (χ1v) is 8.91. The predicted octanol–water partition coefficient (Wildman–Crippen LogP) is 4.51. The molecule has 1 aliphatic carbocycles. The van der Waals surface area contributed by atoms with Gasteiger partial charge in [-0.25, -0.2) is 0 Å². The van der Waals surface area contributed by atoms with Crippen molar-refractivity contribution in [3.8, 4) is 22.6 Å². The number of amides is 1. The second kappa shape index (κ2) is 6.32. The van der Waals surface area contributed by atoms with Crippen molar-refractivity contribution < 1.29 is 14.3 Å². The number of carbonyl (C=O) groups excluding carboxylic acids is 1. The highest BCUT2D eigenvalue weighted by atomic mass is 16.6. The number of anilines is 1. The largest absolute Gasteiger partial charge is 0.486 e. The molecular weight excluding hydrogens is 338 g/mol. The second-order valence-corrected chi connectivity index (χ2v) is 6.50. The molecule has 0 saturated carbocycles. The summed E-state index contributed by atoms with van der Waals surface area (Å²) < 4.78 is 11.1. The topological polar surface area (TPSA) is 47.6 Å². The van der Waals surface area contributed by atoms with E-state index in [1.165, 1.54) is 0 Å². The van der Waals surface area contributed by atoms with E-state index in [1.54, 1.807) is 12.1 Å². The van der Waals surface area contributed by atoms with Crippen molar-refractivity contribution in [3.05, 3.63) is 83.9 Å². The lowest BCUT2D eigenvalue weighted by atomic mass is 10.0. The number of nitrogens with one attached hydrogen (secondary N) is 1. The molecule has 1 N–H and O–H groups in total. The van der Waals surface area contributed by atoms with Crippen LogP contribution >= 0.6 is 0 Å². The highest BCUT2D eigenvalue weighted by Crippen LogP contribution is 2.43. The molecule has 132 valence electrons. The van der Waals surface area contributed by atoms with Gasteiger partial charge in [0.25, 0.3) is 0 Å². The standard InChI is InChI=1S/C23H17NO3/c25-23(24-15-9-10-21-22(13-15)27-12-11-26-21)14-20-18-7-3-1-5-16(18)17-6-2-4-8-19(17)20/h1-10,13-14H,11-12H2,(H,24,25). The Labute approximate surface area is 157 Å². The summed E-state index contributed by atoms with van der Waals surface area (Å²) in [7, 11) is 0. The summed E-state index contributed by atoms with van der Waals surface area (Å²) in [5.74, 6) is 1.19. The minimum atomic E-state index is -0.173. The highest BCUT2D eigenvalue weighted by molar-refractivity contribution is 6.11. The number of ether oxygens (including phenoxy) is 2. The SMILES string of the molecule is O=C(C=C1c2ccccc2-c2ccccc21)Nc1ccc2c(c1)OCCO2. The molecule has 0 bridgehead atoms. The third-order valence-corrected chi connectivity index (χ3v) is 4.81. The molecule has 27 heavy (non-hydrogen) atoms. The number of hydrogen-bond acceptors (Lipinski definition) is 3. The van der Waals surface area contributed by atoms with Gasteiger partial charge in [-0.15, -0.1) is 0 Å². The molecule has 3 aromatic carbocycles. The van der Waals surface area contributed by atoms with E-state index in [0.29, 0.717) is 30.4 Å². The Morgan fingerprint density at radius 2 is 1.37 bits per heavy atom. The Bertz CT molecular complexity index is 1040. The molecule has 4 heteroatoms. The maximum Gasteiger partial charge on any atom is 0.249 e. The molecule has 0 saturated heterocycles. The summed E-state index contributed by atoms with van der Waals surface area (Å²) in [6.07, 6.45) is 1.67. The zero-order chi connectivity index (χ0) is 18.2. The fourth-order valence-corrected chi connectivity index (χ4v) is 3.64. The van der Waals surface area contributed by atoms with Crippen LogP contribution in [0.1, 0.15) is 11.1 Å². The summed E-state index contributed by atoms with van der Waals surface area (Å²) in [5, 5.41) is 2.93. The lowest BCUT2D eigenvalue weighted by molar-refractivity contribution is -0.111. The van der Waals surface area contributed by atoms with Gasteiger partial charge in [-0.05, 0) is 40.0 Å². The Hall–Kier alpha value is -3.53. The lowest BCUT2D eigenvalue weighted by Crippen LogP contribution is -2.16. The maximum atomic E-state index is 12.7. The molecule has 0 aromatic heterocycles. The Morgan fingerprint density at radius 3 is 2.04 bits per heavy atom. The van der Waals surface area contributed by atoms with Gasteiger partial charge < -0.3 is 14.8 Å². The van der Waals surface area contributed by atoms with E-state index in [2.05, 4.69) is 29.6 Å². The second-order valence-electron chi connectivity index (χ2n) is 6.50. The van der Waals surface area contributed by atoms with Crippen LogP contribution in [0.4, 0.5) is 5.69 Å². The molecule has 0 spiro atoms. The number of carbonyl (C=O) groups is 1. The minimum Gasteiger partial charge on any atom is -0.486 e. The van der Waals surface area contributed by atoms with Crippen molar-refractivity contribution in [2.75, 3.05) is 18.5 Å². The van der Waals surface area contributed by atoms with Crippen LogP contribution in [0.25, 0.3) is 16.7 Å². The van der Waals surface area contributed by atoms with Crippen molar-refractivity contribution in [2.45, 2.75) is 0 Å². The van der Waals surface area contributed by atoms with Crippen LogP contribution < -0.4 is 14.8 Å². The van der Waals surface area contributed by atoms with Gasteiger partial charge in [-0.3, -0.25) is 4.79 Å². The van der Waals surface area contributed by atoms with E-state index < -0.39 is 0 Å². The van der Waals surface area contributed by atoms with Crippen LogP contribution in [-0.4, -0.2) is 19.1 Å². The van der Waals surface area contributed by atoms with Crippen LogP contribution in [0, 0.1) is 0 Å². The monoisotopic (exact) mass is 355 g/mol. The highest BCUT2D eigenvalue weighted by Gasteiger charge is 2.23. The summed E-state index contributed by atoms with van der Waals surface area (Å²) >= 11 is 0. The molecule has 1 aliphatic heterocycles. The number of hydrogen-bond donors (Lipinski definition) is 1. The van der Waals surface area contributed by atoms with Gasteiger partial charge >= 0.3 is 0 Å². The van der Waals surface area contributed by atoms with Gasteiger partial charge in [0.05, 0.1) is 0 Å². The quantitative estimate of drug-likeness (QED) is 0.538. The Kier molecular flexibility index (Phi) is 3.68. The van der Waals surface area contributed by atoms with Gasteiger partial charge in [0.2, 0.25) is 5.91 Å². The molecule has 5 rings (SSSR count). The fourth-order valence-electron chi connectivity index (χ4n) is 3.64. The van der Waals surface area contributed by atoms with Crippen LogP contribution in [0.15, 0.2) is 72.8 Å². The van der Waals surface area contributed by atoms with E-state index in [1.807, 2.05) is 36.4 Å². The lowest BCUT2D eigenvalue weighted by Gasteiger charge is -2.18. The Morgan fingerprint density at radius 1 is 0.778 bits per heavy atom. The van der Waals surface area contributed by atoms with Crippen LogP contribution in [0.2, 0.25) is 0 Å². The van der Waals surface area contributed by atoms with Gasteiger partial charge in [0.15, 0.2) is 11.5 Å². The first-order chi connectivity index (χ1) is 13.3. The normalized spacial score (nSPS) is 13.6. The molecular formula is C23H17NO3. The molecule has 0 unspecified atom stereocenters. The zero-order valence-electron chi connectivity index (χ0n) is 14.6. The molecule has 2 aliphatic rings. The van der Waals surface area contributed by atoms with Crippen LogP contribution in [-0.2, 0) is 4.79 Å². The number of rotatable bonds is 2. The molecule has 0 radical (unpaired) electrons. The summed E-state index contributed by atoms with van der Waals surface area (Å²) in [5.41, 5.74) is 6.10. The van der Waals surface area contributed by atoms with Gasteiger partial charge in [0.1, 0.15) is 13.2 Å². The first kappa shape index (κ1) is 15.7. The molecule has 4 nitrogen and oxygen atoms in total.